The molecule has 0 unspecified atom stereocenters. The van der Waals surface area contributed by atoms with Gasteiger partial charge in [0.15, 0.2) is 0 Å². The van der Waals surface area contributed by atoms with E-state index in [9.17, 15) is 13.2 Å². The first-order valence-electron chi connectivity index (χ1n) is 8.79. The molecule has 0 aliphatic carbocycles. The highest BCUT2D eigenvalue weighted by Crippen LogP contribution is 2.31. The van der Waals surface area contributed by atoms with Gasteiger partial charge in [0.05, 0.1) is 16.4 Å². The first-order chi connectivity index (χ1) is 12.8. The molecule has 3 heterocycles. The van der Waals surface area contributed by atoms with Gasteiger partial charge in [-0.3, -0.25) is 4.79 Å². The maximum atomic E-state index is 12.9. The van der Waals surface area contributed by atoms with Crippen LogP contribution in [0.3, 0.4) is 0 Å². The normalized spacial score (nSPS) is 21.2. The Morgan fingerprint density at radius 2 is 2.07 bits per heavy atom. The van der Waals surface area contributed by atoms with E-state index in [4.69, 9.17) is 0 Å². The zero-order valence-corrected chi connectivity index (χ0v) is 16.7. The van der Waals surface area contributed by atoms with Crippen LogP contribution >= 0.6 is 11.3 Å². The van der Waals surface area contributed by atoms with Gasteiger partial charge in [0.1, 0.15) is 15.6 Å². The van der Waals surface area contributed by atoms with Crippen molar-refractivity contribution in [2.75, 3.05) is 18.4 Å². The lowest BCUT2D eigenvalue weighted by atomic mass is 9.96. The van der Waals surface area contributed by atoms with Crippen molar-refractivity contribution in [3.8, 4) is 0 Å². The minimum Gasteiger partial charge on any atom is -0.342 e. The van der Waals surface area contributed by atoms with Crippen LogP contribution in [0.25, 0.3) is 0 Å². The van der Waals surface area contributed by atoms with E-state index in [1.165, 1.54) is 11.3 Å². The molecular formula is C18H20N4O3S2. The molecule has 0 radical (unpaired) electrons. The smallest absolute Gasteiger partial charge is 0.286 e. The van der Waals surface area contributed by atoms with Gasteiger partial charge in [-0.05, 0) is 38.8 Å². The molecule has 1 fully saturated rings. The van der Waals surface area contributed by atoms with Gasteiger partial charge in [0, 0.05) is 19.0 Å². The fourth-order valence-corrected chi connectivity index (χ4v) is 5.66. The van der Waals surface area contributed by atoms with Crippen LogP contribution in [0.2, 0.25) is 0 Å². The Morgan fingerprint density at radius 1 is 1.30 bits per heavy atom. The van der Waals surface area contributed by atoms with Crippen LogP contribution in [-0.4, -0.2) is 43.1 Å². The number of aryl methyl sites for hydroxylation is 2. The Morgan fingerprint density at radius 3 is 2.81 bits per heavy atom. The summed E-state index contributed by atoms with van der Waals surface area (Å²) in [5, 5.41) is 4.03. The molecule has 9 heteroatoms. The minimum absolute atomic E-state index is 0.0394. The molecule has 1 aromatic carbocycles. The summed E-state index contributed by atoms with van der Waals surface area (Å²) < 4.78 is 29.0. The van der Waals surface area contributed by atoms with Crippen LogP contribution in [0.1, 0.15) is 33.2 Å². The summed E-state index contributed by atoms with van der Waals surface area (Å²) >= 11 is 1.40. The van der Waals surface area contributed by atoms with E-state index in [2.05, 4.69) is 14.7 Å². The number of hydrogen-bond donors (Lipinski definition) is 1. The summed E-state index contributed by atoms with van der Waals surface area (Å²) in [6.45, 7) is 4.83. The number of likely N-dealkylation sites (tertiary alicyclic amines) is 1. The van der Waals surface area contributed by atoms with Gasteiger partial charge in [0.2, 0.25) is 0 Å². The number of benzene rings is 1. The van der Waals surface area contributed by atoms with Gasteiger partial charge in [-0.1, -0.05) is 12.1 Å². The highest BCUT2D eigenvalue weighted by Gasteiger charge is 2.33. The molecule has 0 saturated carbocycles. The number of sulfonamides is 1. The highest BCUT2D eigenvalue weighted by molar-refractivity contribution is 7.90. The van der Waals surface area contributed by atoms with Gasteiger partial charge in [-0.25, -0.2) is 4.98 Å². The van der Waals surface area contributed by atoms with Crippen molar-refractivity contribution in [1.29, 1.82) is 0 Å². The van der Waals surface area contributed by atoms with E-state index < -0.39 is 10.0 Å². The van der Waals surface area contributed by atoms with E-state index in [-0.39, 0.29) is 16.7 Å². The molecule has 1 saturated heterocycles. The quantitative estimate of drug-likeness (QED) is 0.831. The van der Waals surface area contributed by atoms with Gasteiger partial charge >= 0.3 is 0 Å². The van der Waals surface area contributed by atoms with E-state index in [1.54, 1.807) is 29.2 Å². The third-order valence-electron chi connectivity index (χ3n) is 4.84. The molecule has 1 atom stereocenters. The number of carbonyl (C=O) groups is 1. The van der Waals surface area contributed by atoms with Crippen molar-refractivity contribution in [1.82, 2.24) is 9.88 Å². The molecule has 1 amide bonds. The summed E-state index contributed by atoms with van der Waals surface area (Å²) in [6.07, 6.45) is 1.59. The van der Waals surface area contributed by atoms with Gasteiger partial charge in [-0.2, -0.15) is 8.42 Å². The van der Waals surface area contributed by atoms with Crippen LogP contribution in [0, 0.1) is 19.8 Å². The summed E-state index contributed by atoms with van der Waals surface area (Å²) in [7, 11) is -3.72. The fraction of sp³-hybridized carbons (Fsp3) is 0.389. The molecule has 1 N–H and O–H groups in total. The lowest BCUT2D eigenvalue weighted by Gasteiger charge is -2.34. The average Bonchev–Trinajstić information content (AvgIpc) is 2.99. The predicted octanol–water partition coefficient (Wildman–Crippen LogP) is 2.83. The number of rotatable bonds is 2. The van der Waals surface area contributed by atoms with E-state index in [0.29, 0.717) is 29.5 Å². The first kappa shape index (κ1) is 18.1. The van der Waals surface area contributed by atoms with Gasteiger partial charge < -0.3 is 10.2 Å². The number of hydrogen-bond acceptors (Lipinski definition) is 6. The van der Waals surface area contributed by atoms with Crippen molar-refractivity contribution in [2.24, 2.45) is 10.3 Å². The Labute approximate surface area is 162 Å². The number of aromatic nitrogens is 1. The molecule has 0 spiro atoms. The molecular weight excluding hydrogens is 384 g/mol. The molecule has 2 aromatic rings. The Hall–Kier alpha value is -2.26. The molecule has 7 nitrogen and oxygen atoms in total. The maximum Gasteiger partial charge on any atom is 0.286 e. The third kappa shape index (κ3) is 3.37. The second-order valence-electron chi connectivity index (χ2n) is 6.81. The number of amidine groups is 1. The summed E-state index contributed by atoms with van der Waals surface area (Å²) in [6, 6.07) is 6.75. The van der Waals surface area contributed by atoms with Crippen molar-refractivity contribution in [3.05, 3.63) is 39.8 Å². The predicted molar refractivity (Wildman–Crippen MR) is 105 cm³/mol. The van der Waals surface area contributed by atoms with Gasteiger partial charge in [-0.15, -0.1) is 15.7 Å². The zero-order valence-electron chi connectivity index (χ0n) is 15.1. The summed E-state index contributed by atoms with van der Waals surface area (Å²) in [5.41, 5.74) is 1.29. The largest absolute Gasteiger partial charge is 0.342 e. The molecule has 4 rings (SSSR count). The SMILES string of the molecule is Cc1nc(C)c(C(=O)N2CCC[C@H](C3=NS(=O)(=O)c4ccccc4N3)C2)s1. The fourth-order valence-electron chi connectivity index (χ4n) is 3.57. The van der Waals surface area contributed by atoms with Crippen LogP contribution in [-0.2, 0) is 10.0 Å². The highest BCUT2D eigenvalue weighted by atomic mass is 32.2. The summed E-state index contributed by atoms with van der Waals surface area (Å²) in [4.78, 5) is 19.9. The Balaban J connectivity index is 1.58. The zero-order chi connectivity index (χ0) is 19.2. The Bertz CT molecular complexity index is 1040. The first-order valence-corrected chi connectivity index (χ1v) is 11.0. The van der Waals surface area contributed by atoms with Crippen LogP contribution < -0.4 is 5.32 Å². The lowest BCUT2D eigenvalue weighted by molar-refractivity contribution is 0.0707. The number of para-hydroxylation sites is 1. The minimum atomic E-state index is -3.72. The number of carbonyl (C=O) groups excluding carboxylic acids is 1. The lowest BCUT2D eigenvalue weighted by Crippen LogP contribution is -2.44. The van der Waals surface area contributed by atoms with Crippen molar-refractivity contribution >= 4 is 38.8 Å². The number of anilines is 1. The Kier molecular flexibility index (Phi) is 4.51. The number of amides is 1. The van der Waals surface area contributed by atoms with Crippen LogP contribution in [0.15, 0.2) is 33.6 Å². The maximum absolute atomic E-state index is 12.9. The topological polar surface area (TPSA) is 91.7 Å². The molecule has 2 aliphatic rings. The third-order valence-corrected chi connectivity index (χ3v) is 7.25. The van der Waals surface area contributed by atoms with E-state index in [0.717, 1.165) is 23.5 Å². The molecule has 0 bridgehead atoms. The molecule has 142 valence electrons. The monoisotopic (exact) mass is 404 g/mol. The van der Waals surface area contributed by atoms with Crippen LogP contribution in [0.4, 0.5) is 5.69 Å². The molecule has 1 aromatic heterocycles. The number of piperidine rings is 1. The van der Waals surface area contributed by atoms with Crippen molar-refractivity contribution in [3.63, 3.8) is 0 Å². The number of fused-ring (bicyclic) bond motifs is 1. The number of nitrogens with zero attached hydrogens (tertiary/aromatic N) is 3. The van der Waals surface area contributed by atoms with E-state index in [1.807, 2.05) is 13.8 Å². The van der Waals surface area contributed by atoms with Gasteiger partial charge in [0.25, 0.3) is 15.9 Å². The average molecular weight is 405 g/mol. The van der Waals surface area contributed by atoms with E-state index >= 15 is 0 Å². The van der Waals surface area contributed by atoms with Crippen LogP contribution in [0.5, 0.6) is 0 Å². The second-order valence-corrected chi connectivity index (χ2v) is 9.59. The molecule has 27 heavy (non-hydrogen) atoms. The molecule has 2 aliphatic heterocycles. The summed E-state index contributed by atoms with van der Waals surface area (Å²) in [5.74, 6) is 0.242. The number of thiazole rings is 1. The standard InChI is InChI=1S/C18H20N4O3S2/c1-11-16(26-12(2)19-11)18(23)22-9-5-6-13(10-22)17-20-14-7-3-4-8-15(14)27(24,25)21-17/h3-4,7-8,13H,5-6,9-10H2,1-2H3,(H,20,21)/t13-/m0/s1. The van der Waals surface area contributed by atoms with Crippen molar-refractivity contribution < 1.29 is 13.2 Å². The number of nitrogens with one attached hydrogen (secondary N) is 1. The second kappa shape index (κ2) is 6.72. The van der Waals surface area contributed by atoms with Crippen molar-refractivity contribution in [2.45, 2.75) is 31.6 Å².